The highest BCUT2D eigenvalue weighted by Crippen LogP contribution is 2.37. The molecule has 0 aromatic heterocycles. The second kappa shape index (κ2) is 15.0. The number of ether oxygens (including phenoxy) is 1. The Morgan fingerprint density at radius 1 is 0.774 bits per heavy atom. The van der Waals surface area contributed by atoms with Crippen LogP contribution in [0.25, 0.3) is 0 Å². The number of rotatable bonds is 6. The molecule has 4 aliphatic heterocycles. The van der Waals surface area contributed by atoms with Crippen molar-refractivity contribution in [3.63, 3.8) is 0 Å². The number of halogens is 4. The van der Waals surface area contributed by atoms with E-state index < -0.39 is 34.4 Å². The molecule has 0 atom stereocenters. The van der Waals surface area contributed by atoms with Crippen LogP contribution in [-0.4, -0.2) is 122 Å². The minimum Gasteiger partial charge on any atom is -0.444 e. The lowest BCUT2D eigenvalue weighted by atomic mass is 9.83. The second-order valence-corrected chi connectivity index (χ2v) is 16.3. The highest BCUT2D eigenvalue weighted by molar-refractivity contribution is 6.31. The molecule has 2 aromatic rings. The Balaban J connectivity index is 0.000000211. The van der Waals surface area contributed by atoms with Crippen molar-refractivity contribution in [2.45, 2.75) is 90.3 Å². The fraction of sp³-hybridized carbons (Fsp3) is 0.541. The summed E-state index contributed by atoms with van der Waals surface area (Å²) in [5.74, 6) is -1.74. The van der Waals surface area contributed by atoms with Crippen LogP contribution in [0, 0.1) is 11.6 Å². The Morgan fingerprint density at radius 3 is 1.55 bits per heavy atom. The summed E-state index contributed by atoms with van der Waals surface area (Å²) in [6, 6.07) is 8.57. The Hall–Kier alpha value is -4.01. The monoisotopic (exact) mass is 778 g/mol. The van der Waals surface area contributed by atoms with Crippen molar-refractivity contribution in [3.8, 4) is 0 Å². The molecular formula is C37H46Cl2F2N6O6. The summed E-state index contributed by atoms with van der Waals surface area (Å²) in [5.41, 5.74) is -1.57. The predicted octanol–water partition coefficient (Wildman–Crippen LogP) is 4.45. The first kappa shape index (κ1) is 40.2. The van der Waals surface area contributed by atoms with Gasteiger partial charge in [0.15, 0.2) is 5.54 Å². The lowest BCUT2D eigenvalue weighted by Crippen LogP contribution is -2.81. The number of nitrogens with zero attached hydrogens (tertiary/aromatic N) is 5. The van der Waals surface area contributed by atoms with Gasteiger partial charge in [0, 0.05) is 38.3 Å². The van der Waals surface area contributed by atoms with E-state index in [1.807, 2.05) is 27.7 Å². The molecule has 16 heteroatoms. The van der Waals surface area contributed by atoms with E-state index in [1.165, 1.54) is 39.0 Å². The van der Waals surface area contributed by atoms with Crippen LogP contribution >= 0.6 is 23.2 Å². The molecule has 4 aliphatic rings. The minimum atomic E-state index is -1.19. The van der Waals surface area contributed by atoms with Gasteiger partial charge in [-0.05, 0) is 83.9 Å². The molecule has 288 valence electrons. The largest absolute Gasteiger partial charge is 0.444 e. The summed E-state index contributed by atoms with van der Waals surface area (Å²) in [5, 5.41) is 3.11. The summed E-state index contributed by atoms with van der Waals surface area (Å²) < 4.78 is 32.9. The maximum absolute atomic E-state index is 13.9. The average Bonchev–Trinajstić information content (AvgIpc) is 3.01. The molecule has 0 bridgehead atoms. The summed E-state index contributed by atoms with van der Waals surface area (Å²) in [7, 11) is 0. The molecule has 2 aromatic carbocycles. The van der Waals surface area contributed by atoms with Gasteiger partial charge in [0.2, 0.25) is 11.8 Å². The Kier molecular flexibility index (Phi) is 11.4. The van der Waals surface area contributed by atoms with E-state index in [-0.39, 0.29) is 85.0 Å². The average molecular weight is 780 g/mol. The fourth-order valence-electron chi connectivity index (χ4n) is 6.85. The van der Waals surface area contributed by atoms with Crippen LogP contribution in [0.1, 0.15) is 59.6 Å². The molecule has 4 saturated heterocycles. The van der Waals surface area contributed by atoms with Gasteiger partial charge in [-0.15, -0.1) is 0 Å². The molecule has 4 fully saturated rings. The molecule has 2 spiro atoms. The Morgan fingerprint density at radius 2 is 1.19 bits per heavy atom. The smallest absolute Gasteiger partial charge is 0.410 e. The number of nitrogens with one attached hydrogen (secondary N) is 1. The quantitative estimate of drug-likeness (QED) is 0.460. The van der Waals surface area contributed by atoms with Gasteiger partial charge >= 0.3 is 6.09 Å². The molecule has 6 rings (SSSR count). The first-order valence-electron chi connectivity index (χ1n) is 17.5. The van der Waals surface area contributed by atoms with E-state index in [1.54, 1.807) is 42.7 Å². The number of amides is 5. The first-order valence-corrected chi connectivity index (χ1v) is 18.2. The van der Waals surface area contributed by atoms with E-state index in [0.717, 1.165) is 0 Å². The lowest BCUT2D eigenvalue weighted by molar-refractivity contribution is -0.180. The topological polar surface area (TPSA) is 123 Å². The van der Waals surface area contributed by atoms with Gasteiger partial charge in [0.25, 0.3) is 11.8 Å². The van der Waals surface area contributed by atoms with E-state index in [2.05, 4.69) is 5.32 Å². The van der Waals surface area contributed by atoms with Gasteiger partial charge in [-0.2, -0.15) is 0 Å². The van der Waals surface area contributed by atoms with E-state index in [0.29, 0.717) is 24.2 Å². The molecule has 0 radical (unpaired) electrons. The van der Waals surface area contributed by atoms with E-state index in [9.17, 15) is 32.8 Å². The number of piperazine rings is 2. The number of benzene rings is 2. The summed E-state index contributed by atoms with van der Waals surface area (Å²) >= 11 is 11.5. The molecule has 5 amide bonds. The zero-order valence-corrected chi connectivity index (χ0v) is 32.5. The third-order valence-corrected chi connectivity index (χ3v) is 10.5. The van der Waals surface area contributed by atoms with E-state index in [4.69, 9.17) is 27.9 Å². The van der Waals surface area contributed by atoms with Gasteiger partial charge in [0.1, 0.15) is 35.9 Å². The van der Waals surface area contributed by atoms with Gasteiger partial charge in [-0.1, -0.05) is 35.3 Å². The summed E-state index contributed by atoms with van der Waals surface area (Å²) in [6.07, 6.45) is -0.535. The van der Waals surface area contributed by atoms with Crippen LogP contribution in [0.2, 0.25) is 10.0 Å². The van der Waals surface area contributed by atoms with Gasteiger partial charge < -0.3 is 34.6 Å². The molecule has 0 unspecified atom stereocenters. The molecule has 0 aliphatic carbocycles. The molecule has 0 saturated carbocycles. The Labute approximate surface area is 318 Å². The van der Waals surface area contributed by atoms with Crippen LogP contribution in [0.5, 0.6) is 0 Å². The third-order valence-electron chi connectivity index (χ3n) is 9.85. The number of hydrogen-bond donors (Lipinski definition) is 1. The van der Waals surface area contributed by atoms with Crippen molar-refractivity contribution in [2.75, 3.05) is 39.3 Å². The molecule has 12 nitrogen and oxygen atoms in total. The lowest BCUT2D eigenvalue weighted by Gasteiger charge is -2.58. The number of carbonyl (C=O) groups excluding carboxylic acids is 5. The maximum Gasteiger partial charge on any atom is 0.410 e. The van der Waals surface area contributed by atoms with Crippen LogP contribution in [0.3, 0.4) is 0 Å². The number of hydrogen-bond acceptors (Lipinski definition) is 7. The van der Waals surface area contributed by atoms with Crippen molar-refractivity contribution >= 4 is 52.9 Å². The van der Waals surface area contributed by atoms with Crippen LogP contribution in [-0.2, 0) is 37.0 Å². The normalized spacial score (nSPS) is 19.5. The van der Waals surface area contributed by atoms with Crippen molar-refractivity contribution in [1.82, 2.24) is 29.8 Å². The van der Waals surface area contributed by atoms with Crippen molar-refractivity contribution < 1.29 is 37.5 Å². The Bertz CT molecular complexity index is 1790. The number of carbonyl (C=O) groups is 5. The second-order valence-electron chi connectivity index (χ2n) is 15.5. The van der Waals surface area contributed by atoms with Crippen molar-refractivity contribution in [2.24, 2.45) is 0 Å². The first-order chi connectivity index (χ1) is 24.7. The predicted molar refractivity (Wildman–Crippen MR) is 194 cm³/mol. The van der Waals surface area contributed by atoms with Gasteiger partial charge in [-0.3, -0.25) is 19.2 Å². The highest BCUT2D eigenvalue weighted by atomic mass is 35.5. The molecular weight excluding hydrogens is 733 g/mol. The van der Waals surface area contributed by atoms with Crippen molar-refractivity contribution in [1.29, 1.82) is 0 Å². The fourth-order valence-corrected chi connectivity index (χ4v) is 7.09. The van der Waals surface area contributed by atoms with Gasteiger partial charge in [-0.25, -0.2) is 13.6 Å². The van der Waals surface area contributed by atoms with Crippen LogP contribution in [0.4, 0.5) is 13.6 Å². The van der Waals surface area contributed by atoms with Crippen molar-refractivity contribution in [3.05, 3.63) is 69.2 Å². The standard InChI is InChI=1S/C21H27ClFN3O4.C16H19ClFN3O2/c1-13(2)25-10-17(27)26(9-14-6-7-15(22)16(23)8-14)21(18(25)28)11-24(12-21)19(29)30-20(3,4)5;1-10(2)20-7-14(22)21(16(15(20)23)8-19-9-16)6-11-3-4-12(17)13(18)5-11/h6-8,13H,9-12H2,1-5H3;3-5,10,19H,6-9H2,1-2H3. The summed E-state index contributed by atoms with van der Waals surface area (Å²) in [6.45, 7) is 13.9. The SMILES string of the molecule is CC(C)N1CC(=O)N(Cc2ccc(Cl)c(F)c2)C2(CN(C(=O)OC(C)(C)C)C2)C1=O.CC(C)N1CC(=O)N(Cc2ccc(Cl)c(F)c2)C2(CNC2)C1=O. The zero-order chi connectivity index (χ0) is 39.2. The maximum atomic E-state index is 13.9. The molecule has 53 heavy (non-hydrogen) atoms. The minimum absolute atomic E-state index is 0.0137. The van der Waals surface area contributed by atoms with Gasteiger partial charge in [0.05, 0.1) is 23.1 Å². The molecule has 1 N–H and O–H groups in total. The third kappa shape index (κ3) is 7.95. The van der Waals surface area contributed by atoms with Crippen LogP contribution in [0.15, 0.2) is 36.4 Å². The van der Waals surface area contributed by atoms with E-state index >= 15 is 0 Å². The molecule has 4 heterocycles. The highest BCUT2D eigenvalue weighted by Gasteiger charge is 2.61. The summed E-state index contributed by atoms with van der Waals surface area (Å²) in [4.78, 5) is 71.8. The van der Waals surface area contributed by atoms with Crippen LogP contribution < -0.4 is 5.32 Å². The zero-order valence-electron chi connectivity index (χ0n) is 31.0. The number of likely N-dealkylation sites (tertiary alicyclic amines) is 1.